The van der Waals surface area contributed by atoms with Crippen molar-refractivity contribution in [2.75, 3.05) is 18.5 Å². The molecule has 9 heteroatoms. The zero-order chi connectivity index (χ0) is 19.6. The molecule has 144 valence electrons. The van der Waals surface area contributed by atoms with Gasteiger partial charge in [0, 0.05) is 5.69 Å². The molecule has 2 fully saturated rings. The predicted octanol–water partition coefficient (Wildman–Crippen LogP) is 2.14. The highest BCUT2D eigenvalue weighted by molar-refractivity contribution is 6.31. The summed E-state index contributed by atoms with van der Waals surface area (Å²) in [7, 11) is 0. The van der Waals surface area contributed by atoms with Crippen molar-refractivity contribution in [1.29, 1.82) is 0 Å². The molecule has 1 aliphatic carbocycles. The molecule has 3 rings (SSSR count). The number of carbonyl (C=O) groups excluding carboxylic acids is 4. The lowest BCUT2D eigenvalue weighted by Crippen LogP contribution is -2.37. The molecule has 1 aromatic rings. The molecule has 1 aromatic carbocycles. The fourth-order valence-corrected chi connectivity index (χ4v) is 3.66. The number of imide groups is 1. The van der Waals surface area contributed by atoms with Crippen LogP contribution in [0.5, 0.6) is 0 Å². The fraction of sp³-hybridized carbons (Fsp3) is 0.444. The number of rotatable bonds is 5. The molecular weight excluding hydrogens is 379 g/mol. The van der Waals surface area contributed by atoms with Gasteiger partial charge in [0.2, 0.25) is 11.8 Å². The summed E-state index contributed by atoms with van der Waals surface area (Å²) in [4.78, 5) is 49.3. The van der Waals surface area contributed by atoms with Gasteiger partial charge in [-0.15, -0.1) is 0 Å². The minimum absolute atomic E-state index is 0.155. The number of halogens is 2. The Kier molecular flexibility index (Phi) is 5.74. The van der Waals surface area contributed by atoms with E-state index in [0.29, 0.717) is 12.8 Å². The standard InChI is InChI=1S/C18H18ClFN2O5/c19-13-7-10(5-6-14(13)20)21-15(23)9-27-16(24)8-22-17(25)11-3-1-2-4-12(11)18(22)26/h5-7,11-12H,1-4,8-9H2,(H,21,23)/t11-,12+. The van der Waals surface area contributed by atoms with E-state index in [9.17, 15) is 23.6 Å². The van der Waals surface area contributed by atoms with Crippen molar-refractivity contribution in [3.8, 4) is 0 Å². The van der Waals surface area contributed by atoms with E-state index in [-0.39, 0.29) is 34.4 Å². The maximum absolute atomic E-state index is 13.1. The van der Waals surface area contributed by atoms with Crippen molar-refractivity contribution < 1.29 is 28.3 Å². The number of fused-ring (bicyclic) bond motifs is 1. The van der Waals surface area contributed by atoms with Crippen LogP contribution in [0.3, 0.4) is 0 Å². The van der Waals surface area contributed by atoms with Gasteiger partial charge in [-0.2, -0.15) is 0 Å². The number of nitrogens with zero attached hydrogens (tertiary/aromatic N) is 1. The number of likely N-dealkylation sites (tertiary alicyclic amines) is 1. The van der Waals surface area contributed by atoms with Crippen LogP contribution in [-0.4, -0.2) is 41.7 Å². The lowest BCUT2D eigenvalue weighted by Gasteiger charge is -2.19. The van der Waals surface area contributed by atoms with Gasteiger partial charge in [0.05, 0.1) is 16.9 Å². The van der Waals surface area contributed by atoms with E-state index < -0.39 is 30.8 Å². The molecule has 0 radical (unpaired) electrons. The van der Waals surface area contributed by atoms with E-state index in [0.717, 1.165) is 23.8 Å². The summed E-state index contributed by atoms with van der Waals surface area (Å²) in [6.07, 6.45) is 3.10. The minimum atomic E-state index is -0.845. The number of nitrogens with one attached hydrogen (secondary N) is 1. The second-order valence-electron chi connectivity index (χ2n) is 6.60. The van der Waals surface area contributed by atoms with Crippen LogP contribution in [0, 0.1) is 17.7 Å². The van der Waals surface area contributed by atoms with Crippen molar-refractivity contribution in [3.05, 3.63) is 29.0 Å². The summed E-state index contributed by atoms with van der Waals surface area (Å²) in [6.45, 7) is -1.10. The van der Waals surface area contributed by atoms with Gasteiger partial charge in [-0.3, -0.25) is 24.1 Å². The van der Waals surface area contributed by atoms with Crippen molar-refractivity contribution in [2.24, 2.45) is 11.8 Å². The Morgan fingerprint density at radius 3 is 2.41 bits per heavy atom. The number of hydrogen-bond acceptors (Lipinski definition) is 5. The topological polar surface area (TPSA) is 92.8 Å². The molecule has 1 saturated heterocycles. The average Bonchev–Trinajstić information content (AvgIpc) is 2.88. The molecule has 7 nitrogen and oxygen atoms in total. The van der Waals surface area contributed by atoms with Gasteiger partial charge in [-0.05, 0) is 31.0 Å². The van der Waals surface area contributed by atoms with Crippen LogP contribution in [0.15, 0.2) is 18.2 Å². The average molecular weight is 397 g/mol. The van der Waals surface area contributed by atoms with Gasteiger partial charge in [0.25, 0.3) is 5.91 Å². The second kappa shape index (κ2) is 8.04. The molecule has 27 heavy (non-hydrogen) atoms. The highest BCUT2D eigenvalue weighted by atomic mass is 35.5. The van der Waals surface area contributed by atoms with Gasteiger partial charge in [-0.25, -0.2) is 4.39 Å². The Morgan fingerprint density at radius 2 is 1.81 bits per heavy atom. The Hall–Kier alpha value is -2.48. The van der Waals surface area contributed by atoms with Crippen LogP contribution < -0.4 is 5.32 Å². The van der Waals surface area contributed by atoms with E-state index in [4.69, 9.17) is 16.3 Å². The molecule has 0 aromatic heterocycles. The molecule has 1 N–H and O–H groups in total. The van der Waals surface area contributed by atoms with Crippen LogP contribution >= 0.6 is 11.6 Å². The smallest absolute Gasteiger partial charge is 0.326 e. The van der Waals surface area contributed by atoms with Crippen LogP contribution in [0.4, 0.5) is 10.1 Å². The number of carbonyl (C=O) groups is 4. The molecule has 1 saturated carbocycles. The Bertz CT molecular complexity index is 776. The lowest BCUT2D eigenvalue weighted by molar-refractivity contribution is -0.154. The normalized spacial score (nSPS) is 21.8. The lowest BCUT2D eigenvalue weighted by atomic mass is 9.81. The maximum atomic E-state index is 13.1. The highest BCUT2D eigenvalue weighted by Crippen LogP contribution is 2.37. The van der Waals surface area contributed by atoms with Crippen molar-refractivity contribution in [3.63, 3.8) is 0 Å². The van der Waals surface area contributed by atoms with Gasteiger partial charge in [0.15, 0.2) is 6.61 Å². The van der Waals surface area contributed by atoms with Gasteiger partial charge in [0.1, 0.15) is 12.4 Å². The number of benzene rings is 1. The number of esters is 1. The number of amides is 3. The summed E-state index contributed by atoms with van der Waals surface area (Å²) in [5.41, 5.74) is 0.247. The van der Waals surface area contributed by atoms with Crippen molar-refractivity contribution in [1.82, 2.24) is 4.90 Å². The van der Waals surface area contributed by atoms with E-state index in [1.54, 1.807) is 0 Å². The summed E-state index contributed by atoms with van der Waals surface area (Å²) >= 11 is 5.62. The second-order valence-corrected chi connectivity index (χ2v) is 7.01. The fourth-order valence-electron chi connectivity index (χ4n) is 3.48. The van der Waals surface area contributed by atoms with E-state index in [1.165, 1.54) is 12.1 Å². The molecular formula is C18H18ClFN2O5. The zero-order valence-electron chi connectivity index (χ0n) is 14.4. The molecule has 3 amide bonds. The zero-order valence-corrected chi connectivity index (χ0v) is 15.1. The van der Waals surface area contributed by atoms with Crippen LogP contribution in [0.1, 0.15) is 25.7 Å². The SMILES string of the molecule is O=C(COC(=O)CN1C(=O)[C@H]2CCCC[C@H]2C1=O)Nc1ccc(F)c(Cl)c1. The number of hydrogen-bond donors (Lipinski definition) is 1. The molecule has 0 bridgehead atoms. The first-order valence-corrected chi connectivity index (χ1v) is 9.00. The summed E-state index contributed by atoms with van der Waals surface area (Å²) in [5, 5.41) is 2.25. The molecule has 0 unspecified atom stereocenters. The number of ether oxygens (including phenoxy) is 1. The van der Waals surface area contributed by atoms with E-state index in [1.807, 2.05) is 0 Å². The Balaban J connectivity index is 1.49. The summed E-state index contributed by atoms with van der Waals surface area (Å²) in [5.74, 6) is -3.49. The summed E-state index contributed by atoms with van der Waals surface area (Å²) in [6, 6.07) is 3.62. The third-order valence-corrected chi connectivity index (χ3v) is 5.08. The molecule has 2 atom stereocenters. The van der Waals surface area contributed by atoms with Crippen LogP contribution in [0.25, 0.3) is 0 Å². The third-order valence-electron chi connectivity index (χ3n) is 4.79. The van der Waals surface area contributed by atoms with Gasteiger partial charge < -0.3 is 10.1 Å². The Morgan fingerprint density at radius 1 is 1.19 bits per heavy atom. The van der Waals surface area contributed by atoms with Gasteiger partial charge in [-0.1, -0.05) is 24.4 Å². The molecule has 0 spiro atoms. The van der Waals surface area contributed by atoms with Gasteiger partial charge >= 0.3 is 5.97 Å². The van der Waals surface area contributed by atoms with E-state index >= 15 is 0 Å². The van der Waals surface area contributed by atoms with Crippen LogP contribution in [0.2, 0.25) is 5.02 Å². The molecule has 2 aliphatic rings. The summed E-state index contributed by atoms with van der Waals surface area (Å²) < 4.78 is 17.9. The minimum Gasteiger partial charge on any atom is -0.454 e. The number of anilines is 1. The Labute approximate surface area is 159 Å². The first-order valence-electron chi connectivity index (χ1n) is 8.62. The van der Waals surface area contributed by atoms with Crippen molar-refractivity contribution in [2.45, 2.75) is 25.7 Å². The first-order chi connectivity index (χ1) is 12.9. The third kappa shape index (κ3) is 4.27. The maximum Gasteiger partial charge on any atom is 0.326 e. The largest absolute Gasteiger partial charge is 0.454 e. The van der Waals surface area contributed by atoms with Crippen LogP contribution in [-0.2, 0) is 23.9 Å². The quantitative estimate of drug-likeness (QED) is 0.608. The highest BCUT2D eigenvalue weighted by Gasteiger charge is 2.48. The van der Waals surface area contributed by atoms with Crippen molar-refractivity contribution >= 4 is 41.0 Å². The monoisotopic (exact) mass is 396 g/mol. The molecule has 1 aliphatic heterocycles. The predicted molar refractivity (Wildman–Crippen MR) is 93.2 cm³/mol. The van der Waals surface area contributed by atoms with E-state index in [2.05, 4.69) is 5.32 Å². The molecule has 1 heterocycles. The first kappa shape index (κ1) is 19.3.